The molecule has 0 saturated carbocycles. The summed E-state index contributed by atoms with van der Waals surface area (Å²) in [5.74, 6) is -9.43. The van der Waals surface area contributed by atoms with Crippen molar-refractivity contribution in [2.75, 3.05) is 50.9 Å². The second kappa shape index (κ2) is 31.3. The molecule has 3 rings (SSSR count). The van der Waals surface area contributed by atoms with E-state index < -0.39 is 169 Å². The Bertz CT molecular complexity index is 2420. The second-order valence-corrected chi connectivity index (χ2v) is 22.4. The number of unbranched alkanes of at least 4 members (excludes halogenated alkanes) is 1. The average molecular weight is 1130 g/mol. The predicted molar refractivity (Wildman–Crippen MR) is 285 cm³/mol. The van der Waals surface area contributed by atoms with Crippen molar-refractivity contribution in [2.24, 2.45) is 23.3 Å². The minimum Gasteiger partial charge on any atom is -0.508 e. The summed E-state index contributed by atoms with van der Waals surface area (Å²) < 4.78 is 15.0. The van der Waals surface area contributed by atoms with E-state index in [1.807, 2.05) is 20.8 Å². The highest BCUT2D eigenvalue weighted by Gasteiger charge is 2.36. The van der Waals surface area contributed by atoms with Crippen LogP contribution in [0.5, 0.6) is 5.75 Å². The van der Waals surface area contributed by atoms with E-state index in [1.54, 1.807) is 13.8 Å². The number of phenolic OH excluding ortho intramolecular Hbond substituents is 1. The molecule has 1 aliphatic heterocycles. The standard InChI is InChI=1S/C48H78N12O15S2/c1-7-24(2)39(58-37(68)17-49)44(72)53-19-38(69)55-32-23-77(75)46-29(28-10-11-33(64)30(41(28)59-46)22-76-13-9-8-12-51-47(74)60-48(4,5)6)14-26(20-61)54-45(73)40(25(3)34(65)21-62)57-36(67)15-27(63)18-52-42(70)31(16-35(50)66)56-43(32)71/h10-11,24-27,31-32,34,39-40,59,61-65H,7-9,12-23,49H2,1-6H3,(H2,50,66)(H,52,70)(H,53,72)(H,54,73)(H,55,69)(H,56,71)(H,57,67)(H,58,68)(H2,51,60,74)/t24-,25-,26-,27+,31-,32-,34-,39-,40-,77?/m0/s1. The van der Waals surface area contributed by atoms with Gasteiger partial charge >= 0.3 is 6.03 Å². The van der Waals surface area contributed by atoms with Gasteiger partial charge in [0.15, 0.2) is 0 Å². The maximum absolute atomic E-state index is 15.0. The Balaban J connectivity index is 2.17. The van der Waals surface area contributed by atoms with Crippen molar-refractivity contribution in [1.82, 2.24) is 52.8 Å². The summed E-state index contributed by atoms with van der Waals surface area (Å²) >= 11 is 1.43. The Morgan fingerprint density at radius 1 is 0.948 bits per heavy atom. The van der Waals surface area contributed by atoms with Crippen molar-refractivity contribution in [3.63, 3.8) is 0 Å². The van der Waals surface area contributed by atoms with Crippen LogP contribution in [-0.4, -0.2) is 187 Å². The number of aromatic amines is 1. The van der Waals surface area contributed by atoms with Crippen molar-refractivity contribution < 1.29 is 72.9 Å². The average Bonchev–Trinajstić information content (AvgIpc) is 3.74. The van der Waals surface area contributed by atoms with Gasteiger partial charge in [-0.25, -0.2) is 4.79 Å². The molecular weight excluding hydrogens is 1050 g/mol. The van der Waals surface area contributed by atoms with Crippen molar-refractivity contribution in [2.45, 2.75) is 139 Å². The third kappa shape index (κ3) is 21.0. The van der Waals surface area contributed by atoms with Crippen LogP contribution in [0.1, 0.15) is 84.8 Å². The van der Waals surface area contributed by atoms with E-state index in [9.17, 15) is 72.9 Å². The van der Waals surface area contributed by atoms with E-state index >= 15 is 0 Å². The summed E-state index contributed by atoms with van der Waals surface area (Å²) in [7, 11) is -2.41. The fraction of sp³-hybridized carbons (Fsp3) is 0.646. The first kappa shape index (κ1) is 65.2. The van der Waals surface area contributed by atoms with Crippen molar-refractivity contribution >= 4 is 86.8 Å². The molecule has 19 N–H and O–H groups in total. The van der Waals surface area contributed by atoms with Crippen LogP contribution in [0.25, 0.3) is 10.9 Å². The molecule has 432 valence electrons. The van der Waals surface area contributed by atoms with Crippen LogP contribution in [0.4, 0.5) is 4.79 Å². The number of β-amino-alcohol motifs (C(OH)–C–C–N with tert-alkyl or cyclic N) is 1. The molecule has 0 spiro atoms. The zero-order valence-corrected chi connectivity index (χ0v) is 45.9. The van der Waals surface area contributed by atoms with Gasteiger partial charge < -0.3 is 89.8 Å². The van der Waals surface area contributed by atoms with Crippen molar-refractivity contribution in [1.29, 1.82) is 0 Å². The first-order valence-corrected chi connectivity index (χ1v) is 27.7. The third-order valence-electron chi connectivity index (χ3n) is 12.4. The summed E-state index contributed by atoms with van der Waals surface area (Å²) in [6, 6.07) is -4.99. The molecule has 1 unspecified atom stereocenters. The van der Waals surface area contributed by atoms with E-state index in [-0.39, 0.29) is 40.1 Å². The van der Waals surface area contributed by atoms with Gasteiger partial charge in [0.25, 0.3) is 0 Å². The lowest BCUT2D eigenvalue weighted by atomic mass is 9.94. The van der Waals surface area contributed by atoms with Crippen LogP contribution in [0.2, 0.25) is 0 Å². The lowest BCUT2D eigenvalue weighted by Crippen LogP contribution is -2.58. The molecule has 0 aliphatic carbocycles. The van der Waals surface area contributed by atoms with Gasteiger partial charge in [-0.1, -0.05) is 27.2 Å². The van der Waals surface area contributed by atoms with Crippen LogP contribution in [0.15, 0.2) is 17.2 Å². The van der Waals surface area contributed by atoms with Crippen LogP contribution in [0, 0.1) is 11.8 Å². The molecule has 27 nitrogen and oxygen atoms in total. The van der Waals surface area contributed by atoms with E-state index in [4.69, 9.17) is 11.5 Å². The Hall–Kier alpha value is -6.11. The summed E-state index contributed by atoms with van der Waals surface area (Å²) in [6.07, 6.45) is -3.35. The van der Waals surface area contributed by atoms with Crippen LogP contribution < -0.4 is 59.3 Å². The van der Waals surface area contributed by atoms with Gasteiger partial charge in [-0.2, -0.15) is 11.8 Å². The molecule has 0 saturated heterocycles. The molecule has 1 aromatic carbocycles. The number of amides is 10. The highest BCUT2D eigenvalue weighted by Crippen LogP contribution is 2.35. The number of fused-ring (bicyclic) bond motifs is 3. The smallest absolute Gasteiger partial charge is 0.315 e. The number of hydrogen-bond acceptors (Lipinski definition) is 17. The molecule has 77 heavy (non-hydrogen) atoms. The molecule has 1 aromatic heterocycles. The number of hydrogen-bond donors (Lipinski definition) is 17. The molecule has 0 fully saturated rings. The summed E-state index contributed by atoms with van der Waals surface area (Å²) in [4.78, 5) is 122. The minimum atomic E-state index is -2.41. The summed E-state index contributed by atoms with van der Waals surface area (Å²) in [5.41, 5.74) is 11.3. The number of urea groups is 1. The Morgan fingerprint density at radius 2 is 1.65 bits per heavy atom. The number of phenols is 1. The van der Waals surface area contributed by atoms with Gasteiger partial charge in [0.1, 0.15) is 34.9 Å². The number of thioether (sulfide) groups is 1. The quantitative estimate of drug-likeness (QED) is 0.0529. The molecule has 2 heterocycles. The van der Waals surface area contributed by atoms with Gasteiger partial charge in [-0.05, 0) is 69.4 Å². The maximum Gasteiger partial charge on any atom is 0.315 e. The Kier molecular flexibility index (Phi) is 26.5. The number of aromatic nitrogens is 1. The zero-order chi connectivity index (χ0) is 57.7. The Morgan fingerprint density at radius 3 is 2.27 bits per heavy atom. The zero-order valence-electron chi connectivity index (χ0n) is 44.2. The number of primary amides is 1. The molecule has 10 atom stereocenters. The first-order chi connectivity index (χ1) is 36.2. The molecule has 1 aliphatic rings. The highest BCUT2D eigenvalue weighted by atomic mass is 32.2. The van der Waals surface area contributed by atoms with Gasteiger partial charge in [0.2, 0.25) is 47.3 Å². The molecular formula is C48H78N12O15S2. The number of H-pyrrole nitrogens is 1. The first-order valence-electron chi connectivity index (χ1n) is 25.2. The maximum atomic E-state index is 15.0. The number of carbonyl (C=O) groups is 9. The van der Waals surface area contributed by atoms with E-state index in [0.717, 1.165) is 0 Å². The van der Waals surface area contributed by atoms with Crippen LogP contribution in [0.3, 0.4) is 0 Å². The lowest BCUT2D eigenvalue weighted by Gasteiger charge is -2.29. The fourth-order valence-electron chi connectivity index (χ4n) is 7.92. The highest BCUT2D eigenvalue weighted by molar-refractivity contribution is 7.98. The summed E-state index contributed by atoms with van der Waals surface area (Å²) in [5, 5.41) is 76.1. The van der Waals surface area contributed by atoms with Crippen LogP contribution >= 0.6 is 11.8 Å². The number of rotatable bonds is 21. The van der Waals surface area contributed by atoms with Gasteiger partial charge in [0, 0.05) is 41.2 Å². The summed E-state index contributed by atoms with van der Waals surface area (Å²) in [6.45, 7) is 7.32. The molecule has 0 bridgehead atoms. The number of nitrogens with two attached hydrogens (primary N) is 2. The van der Waals surface area contributed by atoms with E-state index in [1.165, 1.54) is 30.8 Å². The largest absolute Gasteiger partial charge is 0.508 e. The monoisotopic (exact) mass is 1130 g/mol. The number of carbonyl (C=O) groups excluding carboxylic acids is 9. The molecule has 10 amide bonds. The fourth-order valence-corrected chi connectivity index (χ4v) is 10.4. The minimum absolute atomic E-state index is 0.111. The van der Waals surface area contributed by atoms with Gasteiger partial charge in [-0.15, -0.1) is 0 Å². The van der Waals surface area contributed by atoms with Crippen molar-refractivity contribution in [3.05, 3.63) is 23.3 Å². The topological polar surface area (TPSA) is 448 Å². The number of benzene rings is 1. The van der Waals surface area contributed by atoms with Crippen molar-refractivity contribution in [3.8, 4) is 5.75 Å². The number of aliphatic hydroxyl groups is 4. The second-order valence-electron chi connectivity index (χ2n) is 19.9. The molecule has 0 radical (unpaired) electrons. The lowest BCUT2D eigenvalue weighted by molar-refractivity contribution is -0.134. The number of aromatic hydroxyl groups is 1. The number of aliphatic hydroxyl groups excluding tert-OH is 4. The molecule has 29 heteroatoms. The van der Waals surface area contributed by atoms with E-state index in [0.29, 0.717) is 42.5 Å². The number of nitrogens with one attached hydrogen (secondary N) is 10. The third-order valence-corrected chi connectivity index (χ3v) is 14.9. The SMILES string of the molecule is CC[C@H](C)[C@H](NC(=O)CN)C(=O)NCC(=O)N[C@H]1CS(=O)c2[nH]c3c(CSCCCCNC(=O)NC(C)(C)C)c(O)ccc3c2C[C@@H](CO)NC(=O)[C@H]([C@@H](C)[C@@H](O)CO)NC(=O)C[C@@H](O)CNC(=O)[C@H](CC(N)=O)NC1=O. The molecule has 2 aromatic rings. The van der Waals surface area contributed by atoms with Crippen LogP contribution in [-0.2, 0) is 61.3 Å². The Labute approximate surface area is 452 Å². The van der Waals surface area contributed by atoms with Gasteiger partial charge in [0.05, 0.1) is 79.5 Å². The normalized spacial score (nSPS) is 21.8. The van der Waals surface area contributed by atoms with E-state index in [2.05, 4.69) is 52.8 Å². The van der Waals surface area contributed by atoms with Gasteiger partial charge in [-0.3, -0.25) is 42.6 Å². The predicted octanol–water partition coefficient (Wildman–Crippen LogP) is -4.08.